The van der Waals surface area contributed by atoms with E-state index in [2.05, 4.69) is 9.71 Å². The number of nitrogens with zero attached hydrogens (tertiary/aromatic N) is 2. The summed E-state index contributed by atoms with van der Waals surface area (Å²) in [6.45, 7) is -0.0841. The van der Waals surface area contributed by atoms with Crippen LogP contribution in [0.2, 0.25) is 0 Å². The molecule has 1 aromatic carbocycles. The predicted molar refractivity (Wildman–Crippen MR) is 66.9 cm³/mol. The minimum Gasteiger partial charge on any atom is -0.347 e. The fraction of sp³-hybridized carbons (Fsp3) is 0.273. The summed E-state index contributed by atoms with van der Waals surface area (Å²) in [7, 11) is -0.288. The van der Waals surface area contributed by atoms with E-state index in [0.717, 1.165) is 0 Å². The normalized spacial score (nSPS) is 18.2. The number of carbonyl (C=O) groups excluding carboxylic acids is 1. The highest BCUT2D eigenvalue weighted by molar-refractivity contribution is 7.90. The van der Waals surface area contributed by atoms with Crippen LogP contribution in [-0.2, 0) is 14.8 Å². The first-order valence-electron chi connectivity index (χ1n) is 5.28. The summed E-state index contributed by atoms with van der Waals surface area (Å²) in [6, 6.07) is 6.54. The molecule has 0 aliphatic carbocycles. The van der Waals surface area contributed by atoms with Crippen molar-refractivity contribution in [2.24, 2.45) is 4.99 Å². The maximum Gasteiger partial charge on any atom is 0.263 e. The molecule has 1 aliphatic rings. The van der Waals surface area contributed by atoms with Crippen LogP contribution in [0.5, 0.6) is 0 Å². The Hall–Kier alpha value is -1.89. The number of hydrogen-bond acceptors (Lipinski definition) is 4. The van der Waals surface area contributed by atoms with Gasteiger partial charge in [0.15, 0.2) is 0 Å². The average molecular weight is 267 g/mol. The number of aliphatic imine (C=N–C) groups is 1. The third-order valence-corrected chi connectivity index (χ3v) is 3.93. The van der Waals surface area contributed by atoms with Gasteiger partial charge in [0.2, 0.25) is 5.91 Å². The van der Waals surface area contributed by atoms with E-state index in [1.54, 1.807) is 32.3 Å². The maximum absolute atomic E-state index is 11.8. The average Bonchev–Trinajstić information content (AvgIpc) is 2.59. The van der Waals surface area contributed by atoms with Crippen molar-refractivity contribution >= 4 is 21.8 Å². The van der Waals surface area contributed by atoms with Crippen LogP contribution in [0.25, 0.3) is 0 Å². The number of sulfonamides is 1. The molecule has 0 saturated carbocycles. The molecule has 96 valence electrons. The van der Waals surface area contributed by atoms with E-state index in [0.29, 0.717) is 5.56 Å². The quantitative estimate of drug-likeness (QED) is 0.807. The van der Waals surface area contributed by atoms with Gasteiger partial charge < -0.3 is 4.90 Å². The Balaban J connectivity index is 2.34. The lowest BCUT2D eigenvalue weighted by atomic mass is 10.2. The van der Waals surface area contributed by atoms with Crippen molar-refractivity contribution in [3.05, 3.63) is 29.8 Å². The van der Waals surface area contributed by atoms with E-state index in [1.165, 1.54) is 11.0 Å². The van der Waals surface area contributed by atoms with Gasteiger partial charge in [0, 0.05) is 19.7 Å². The van der Waals surface area contributed by atoms with Gasteiger partial charge in [-0.1, -0.05) is 12.1 Å². The van der Waals surface area contributed by atoms with Gasteiger partial charge in [0.1, 0.15) is 12.4 Å². The van der Waals surface area contributed by atoms with Gasteiger partial charge >= 0.3 is 0 Å². The molecule has 1 amide bonds. The summed E-state index contributed by atoms with van der Waals surface area (Å²) in [5.41, 5.74) is 0.504. The van der Waals surface area contributed by atoms with Crippen LogP contribution in [0.4, 0.5) is 0 Å². The van der Waals surface area contributed by atoms with Crippen LogP contribution in [0.1, 0.15) is 5.56 Å². The summed E-state index contributed by atoms with van der Waals surface area (Å²) in [5, 5.41) is 0. The van der Waals surface area contributed by atoms with Crippen molar-refractivity contribution in [2.75, 3.05) is 20.6 Å². The summed E-state index contributed by atoms with van der Waals surface area (Å²) in [6.07, 6.45) is 0. The van der Waals surface area contributed by atoms with Crippen LogP contribution in [0.15, 0.2) is 34.2 Å². The van der Waals surface area contributed by atoms with E-state index < -0.39 is 10.0 Å². The zero-order chi connectivity index (χ0) is 13.3. The van der Waals surface area contributed by atoms with Crippen molar-refractivity contribution in [3.8, 4) is 0 Å². The Morgan fingerprint density at radius 2 is 2.00 bits per heavy atom. The SMILES string of the molecule is CN(C)C(=O)CN=C1NS(=O)(=O)c2ccccc21. The Kier molecular flexibility index (Phi) is 3.08. The summed E-state index contributed by atoms with van der Waals surface area (Å²) < 4.78 is 25.9. The maximum atomic E-state index is 11.8. The molecule has 0 aromatic heterocycles. The number of amides is 1. The third kappa shape index (κ3) is 2.21. The molecule has 0 radical (unpaired) electrons. The second-order valence-electron chi connectivity index (χ2n) is 4.05. The highest BCUT2D eigenvalue weighted by atomic mass is 32.2. The second-order valence-corrected chi connectivity index (χ2v) is 5.71. The predicted octanol–water partition coefficient (Wildman–Crippen LogP) is -0.187. The standard InChI is InChI=1S/C11H13N3O3S/c1-14(2)10(15)7-12-11-8-5-3-4-6-9(8)18(16,17)13-11/h3-6H,7H2,1-2H3,(H,12,13). The second kappa shape index (κ2) is 4.41. The fourth-order valence-electron chi connectivity index (χ4n) is 1.54. The van der Waals surface area contributed by atoms with E-state index >= 15 is 0 Å². The Labute approximate surface area is 105 Å². The molecule has 1 aliphatic heterocycles. The molecule has 0 unspecified atom stereocenters. The zero-order valence-corrected chi connectivity index (χ0v) is 10.9. The number of rotatable bonds is 2. The molecular formula is C11H13N3O3S. The molecule has 0 fully saturated rings. The highest BCUT2D eigenvalue weighted by Gasteiger charge is 2.30. The minimum atomic E-state index is -3.53. The number of likely N-dealkylation sites (N-methyl/N-ethyl adjacent to an activating group) is 1. The number of hydrogen-bond donors (Lipinski definition) is 1. The number of benzene rings is 1. The van der Waals surface area contributed by atoms with E-state index in [4.69, 9.17) is 0 Å². The van der Waals surface area contributed by atoms with Crippen LogP contribution in [0.3, 0.4) is 0 Å². The molecule has 0 spiro atoms. The van der Waals surface area contributed by atoms with E-state index in [-0.39, 0.29) is 23.2 Å². The van der Waals surface area contributed by atoms with Crippen LogP contribution >= 0.6 is 0 Å². The lowest BCUT2D eigenvalue weighted by Crippen LogP contribution is -2.27. The summed E-state index contributed by atoms with van der Waals surface area (Å²) >= 11 is 0. The molecule has 0 saturated heterocycles. The van der Waals surface area contributed by atoms with Crippen molar-refractivity contribution in [2.45, 2.75) is 4.90 Å². The van der Waals surface area contributed by atoms with Gasteiger partial charge in [-0.25, -0.2) is 8.42 Å². The van der Waals surface area contributed by atoms with Gasteiger partial charge in [0.05, 0.1) is 4.90 Å². The molecule has 1 heterocycles. The first kappa shape index (κ1) is 12.6. The van der Waals surface area contributed by atoms with Crippen molar-refractivity contribution in [3.63, 3.8) is 0 Å². The minimum absolute atomic E-state index is 0.0841. The van der Waals surface area contributed by atoms with Crippen molar-refractivity contribution < 1.29 is 13.2 Å². The first-order chi connectivity index (χ1) is 8.42. The van der Waals surface area contributed by atoms with Gasteiger partial charge in [-0.3, -0.25) is 14.5 Å². The number of carbonyl (C=O) groups is 1. The van der Waals surface area contributed by atoms with Gasteiger partial charge in [-0.15, -0.1) is 0 Å². The molecular weight excluding hydrogens is 254 g/mol. The molecule has 0 atom stereocenters. The monoisotopic (exact) mass is 267 g/mol. The van der Waals surface area contributed by atoms with Gasteiger partial charge in [-0.2, -0.15) is 0 Å². The van der Waals surface area contributed by atoms with E-state index in [1.807, 2.05) is 0 Å². The van der Waals surface area contributed by atoms with Gasteiger partial charge in [0.25, 0.3) is 10.0 Å². The summed E-state index contributed by atoms with van der Waals surface area (Å²) in [5.74, 6) is 0.0341. The molecule has 1 aromatic rings. The fourth-order valence-corrected chi connectivity index (χ4v) is 2.79. The molecule has 6 nitrogen and oxygen atoms in total. The Morgan fingerprint density at radius 3 is 2.67 bits per heavy atom. The van der Waals surface area contributed by atoms with Crippen LogP contribution in [0, 0.1) is 0 Å². The molecule has 0 bridgehead atoms. The number of amidine groups is 1. The molecule has 18 heavy (non-hydrogen) atoms. The lowest BCUT2D eigenvalue weighted by molar-refractivity contribution is -0.127. The third-order valence-electron chi connectivity index (χ3n) is 2.53. The first-order valence-corrected chi connectivity index (χ1v) is 6.77. The molecule has 1 N–H and O–H groups in total. The lowest BCUT2D eigenvalue weighted by Gasteiger charge is -2.07. The topological polar surface area (TPSA) is 78.8 Å². The Bertz CT molecular complexity index is 620. The van der Waals surface area contributed by atoms with Crippen LogP contribution < -0.4 is 4.72 Å². The molecule has 2 rings (SSSR count). The summed E-state index contributed by atoms with van der Waals surface area (Å²) in [4.78, 5) is 17.0. The number of fused-ring (bicyclic) bond motifs is 1. The molecule has 7 heteroatoms. The smallest absolute Gasteiger partial charge is 0.263 e. The van der Waals surface area contributed by atoms with Gasteiger partial charge in [-0.05, 0) is 12.1 Å². The highest BCUT2D eigenvalue weighted by Crippen LogP contribution is 2.21. The zero-order valence-electron chi connectivity index (χ0n) is 10.0. The largest absolute Gasteiger partial charge is 0.347 e. The van der Waals surface area contributed by atoms with E-state index in [9.17, 15) is 13.2 Å². The Morgan fingerprint density at radius 1 is 1.33 bits per heavy atom. The number of nitrogens with one attached hydrogen (secondary N) is 1. The van der Waals surface area contributed by atoms with Crippen molar-refractivity contribution in [1.82, 2.24) is 9.62 Å². The van der Waals surface area contributed by atoms with Crippen LogP contribution in [-0.4, -0.2) is 45.7 Å². The van der Waals surface area contributed by atoms with Crippen molar-refractivity contribution in [1.29, 1.82) is 0 Å².